The molecule has 0 amide bonds. The topological polar surface area (TPSA) is 55.4 Å². The highest BCUT2D eigenvalue weighted by Crippen LogP contribution is 2.22. The second-order valence-corrected chi connectivity index (χ2v) is 6.77. The van der Waals surface area contributed by atoms with E-state index in [0.29, 0.717) is 0 Å². The molecule has 1 aromatic carbocycles. The molecule has 0 fully saturated rings. The van der Waals surface area contributed by atoms with E-state index in [2.05, 4.69) is 4.72 Å². The molecule has 2 unspecified atom stereocenters. The highest BCUT2D eigenvalue weighted by atomic mass is 32.2. The van der Waals surface area contributed by atoms with E-state index in [9.17, 15) is 8.42 Å². The molecule has 19 heavy (non-hydrogen) atoms. The van der Waals surface area contributed by atoms with Crippen LogP contribution in [-0.2, 0) is 14.8 Å². The molecule has 1 rings (SSSR count). The lowest BCUT2D eigenvalue weighted by Crippen LogP contribution is -2.34. The second kappa shape index (κ2) is 6.50. The van der Waals surface area contributed by atoms with Crippen LogP contribution in [0.2, 0.25) is 0 Å². The number of hydrogen-bond acceptors (Lipinski definition) is 3. The van der Waals surface area contributed by atoms with Gasteiger partial charge in [-0.25, -0.2) is 13.1 Å². The number of benzene rings is 1. The van der Waals surface area contributed by atoms with Gasteiger partial charge < -0.3 is 4.74 Å². The van der Waals surface area contributed by atoms with Gasteiger partial charge in [-0.1, -0.05) is 18.2 Å². The number of nitrogens with one attached hydrogen (secondary N) is 1. The van der Waals surface area contributed by atoms with E-state index in [1.54, 1.807) is 6.92 Å². The van der Waals surface area contributed by atoms with Crippen LogP contribution in [0.5, 0.6) is 0 Å². The zero-order valence-corrected chi connectivity index (χ0v) is 13.0. The maximum Gasteiger partial charge on any atom is 0.214 e. The first-order chi connectivity index (χ1) is 8.76. The highest BCUT2D eigenvalue weighted by Gasteiger charge is 2.20. The van der Waals surface area contributed by atoms with E-state index in [1.807, 2.05) is 39.0 Å². The molecule has 0 saturated heterocycles. The molecule has 0 saturated carbocycles. The van der Waals surface area contributed by atoms with Crippen molar-refractivity contribution in [3.8, 4) is 0 Å². The van der Waals surface area contributed by atoms with Crippen LogP contribution in [0, 0.1) is 13.8 Å². The Kier molecular flexibility index (Phi) is 5.52. The van der Waals surface area contributed by atoms with Crippen molar-refractivity contribution >= 4 is 10.0 Å². The molecule has 108 valence electrons. The number of hydrogen-bond donors (Lipinski definition) is 1. The van der Waals surface area contributed by atoms with E-state index in [1.165, 1.54) is 7.11 Å². The van der Waals surface area contributed by atoms with Crippen molar-refractivity contribution in [3.63, 3.8) is 0 Å². The molecular formula is C14H23NO3S. The van der Waals surface area contributed by atoms with Crippen LogP contribution in [0.15, 0.2) is 18.2 Å². The zero-order chi connectivity index (χ0) is 14.6. The molecule has 2 atom stereocenters. The minimum atomic E-state index is -3.35. The Morgan fingerprint density at radius 1 is 1.21 bits per heavy atom. The molecule has 0 aromatic heterocycles. The Labute approximate surface area is 116 Å². The summed E-state index contributed by atoms with van der Waals surface area (Å²) in [6.45, 7) is 7.59. The number of sulfonamides is 1. The molecule has 1 N–H and O–H groups in total. The molecule has 0 heterocycles. The third-order valence-electron chi connectivity index (χ3n) is 3.19. The lowest BCUT2D eigenvalue weighted by molar-refractivity contribution is 0.136. The van der Waals surface area contributed by atoms with Gasteiger partial charge in [0.15, 0.2) is 0 Å². The van der Waals surface area contributed by atoms with Gasteiger partial charge in [0.05, 0.1) is 11.9 Å². The van der Waals surface area contributed by atoms with Crippen molar-refractivity contribution < 1.29 is 13.2 Å². The molecule has 4 nitrogen and oxygen atoms in total. The summed E-state index contributed by atoms with van der Waals surface area (Å²) in [5.74, 6) is -0.0290. The number of methoxy groups -OCH3 is 1. The molecule has 0 spiro atoms. The number of aryl methyl sites for hydroxylation is 2. The summed E-state index contributed by atoms with van der Waals surface area (Å²) in [6.07, 6.45) is -0.317. The first kappa shape index (κ1) is 16.1. The van der Waals surface area contributed by atoms with Gasteiger partial charge in [-0.05, 0) is 44.4 Å². The maximum atomic E-state index is 12.0. The SMILES string of the molecule is COC(C)CS(=O)(=O)NC(C)c1c(C)cccc1C. The van der Waals surface area contributed by atoms with Gasteiger partial charge in [0.2, 0.25) is 10.0 Å². The van der Waals surface area contributed by atoms with Crippen LogP contribution in [0.25, 0.3) is 0 Å². The summed E-state index contributed by atoms with van der Waals surface area (Å²) in [7, 11) is -1.84. The largest absolute Gasteiger partial charge is 0.381 e. The van der Waals surface area contributed by atoms with Crippen LogP contribution in [-0.4, -0.2) is 27.4 Å². The second-order valence-electron chi connectivity index (χ2n) is 4.97. The Bertz CT molecular complexity index is 505. The van der Waals surface area contributed by atoms with E-state index in [0.717, 1.165) is 16.7 Å². The molecule has 0 radical (unpaired) electrons. The first-order valence-electron chi connectivity index (χ1n) is 6.35. The molecule has 0 aliphatic rings. The number of ether oxygens (including phenoxy) is 1. The summed E-state index contributed by atoms with van der Waals surface area (Å²) in [5.41, 5.74) is 3.22. The van der Waals surface area contributed by atoms with Gasteiger partial charge in [0.1, 0.15) is 0 Å². The molecule has 0 bridgehead atoms. The summed E-state index contributed by atoms with van der Waals surface area (Å²) in [5, 5.41) is 0. The Balaban J connectivity index is 2.88. The van der Waals surface area contributed by atoms with Gasteiger partial charge in [-0.3, -0.25) is 0 Å². The third kappa shape index (κ3) is 4.60. The first-order valence-corrected chi connectivity index (χ1v) is 8.01. The van der Waals surface area contributed by atoms with Crippen LogP contribution < -0.4 is 4.72 Å². The lowest BCUT2D eigenvalue weighted by Gasteiger charge is -2.20. The molecular weight excluding hydrogens is 262 g/mol. The van der Waals surface area contributed by atoms with Crippen molar-refractivity contribution in [1.29, 1.82) is 0 Å². The number of rotatable bonds is 6. The Morgan fingerprint density at radius 3 is 2.21 bits per heavy atom. The fraction of sp³-hybridized carbons (Fsp3) is 0.571. The fourth-order valence-corrected chi connectivity index (χ4v) is 3.77. The molecule has 5 heteroatoms. The predicted octanol–water partition coefficient (Wildman–Crippen LogP) is 2.32. The van der Waals surface area contributed by atoms with Gasteiger partial charge >= 0.3 is 0 Å². The Hall–Kier alpha value is -0.910. The zero-order valence-electron chi connectivity index (χ0n) is 12.2. The van der Waals surface area contributed by atoms with Crippen molar-refractivity contribution in [2.24, 2.45) is 0 Å². The predicted molar refractivity (Wildman–Crippen MR) is 77.7 cm³/mol. The summed E-state index contributed by atoms with van der Waals surface area (Å²) >= 11 is 0. The monoisotopic (exact) mass is 285 g/mol. The average molecular weight is 285 g/mol. The van der Waals surface area contributed by atoms with E-state index < -0.39 is 10.0 Å². The van der Waals surface area contributed by atoms with Gasteiger partial charge in [-0.2, -0.15) is 0 Å². The van der Waals surface area contributed by atoms with Gasteiger partial charge in [-0.15, -0.1) is 0 Å². The standard InChI is InChI=1S/C14H23NO3S/c1-10-7-6-8-11(2)14(10)13(4)15-19(16,17)9-12(3)18-5/h6-8,12-13,15H,9H2,1-5H3. The quantitative estimate of drug-likeness (QED) is 0.872. The van der Waals surface area contributed by atoms with E-state index >= 15 is 0 Å². The lowest BCUT2D eigenvalue weighted by atomic mass is 9.98. The van der Waals surface area contributed by atoms with Gasteiger partial charge in [0, 0.05) is 13.2 Å². The van der Waals surface area contributed by atoms with Crippen molar-refractivity contribution in [3.05, 3.63) is 34.9 Å². The minimum Gasteiger partial charge on any atom is -0.381 e. The highest BCUT2D eigenvalue weighted by molar-refractivity contribution is 7.89. The summed E-state index contributed by atoms with van der Waals surface area (Å²) in [4.78, 5) is 0. The van der Waals surface area contributed by atoms with Crippen LogP contribution in [0.4, 0.5) is 0 Å². The van der Waals surface area contributed by atoms with Crippen LogP contribution >= 0.6 is 0 Å². The Morgan fingerprint density at radius 2 is 1.74 bits per heavy atom. The van der Waals surface area contributed by atoms with E-state index in [-0.39, 0.29) is 17.9 Å². The third-order valence-corrected chi connectivity index (χ3v) is 4.81. The van der Waals surface area contributed by atoms with E-state index in [4.69, 9.17) is 4.74 Å². The van der Waals surface area contributed by atoms with Crippen LogP contribution in [0.1, 0.15) is 36.6 Å². The summed E-state index contributed by atoms with van der Waals surface area (Å²) in [6, 6.07) is 5.72. The fourth-order valence-electron chi connectivity index (χ4n) is 2.26. The van der Waals surface area contributed by atoms with Crippen molar-refractivity contribution in [1.82, 2.24) is 4.72 Å². The van der Waals surface area contributed by atoms with Gasteiger partial charge in [0.25, 0.3) is 0 Å². The van der Waals surface area contributed by atoms with Crippen molar-refractivity contribution in [2.75, 3.05) is 12.9 Å². The molecule has 1 aromatic rings. The maximum absolute atomic E-state index is 12.0. The minimum absolute atomic E-state index is 0.0290. The van der Waals surface area contributed by atoms with Crippen LogP contribution in [0.3, 0.4) is 0 Å². The average Bonchev–Trinajstić information content (AvgIpc) is 2.27. The smallest absolute Gasteiger partial charge is 0.214 e. The molecule has 0 aliphatic carbocycles. The summed E-state index contributed by atoms with van der Waals surface area (Å²) < 4.78 is 31.7. The normalized spacial score (nSPS) is 15.2. The van der Waals surface area contributed by atoms with Crippen molar-refractivity contribution in [2.45, 2.75) is 39.8 Å². The molecule has 0 aliphatic heterocycles.